The lowest BCUT2D eigenvalue weighted by molar-refractivity contribution is 0.176. The van der Waals surface area contributed by atoms with E-state index in [1.165, 1.54) is 58.0 Å². The third kappa shape index (κ3) is 3.96. The van der Waals surface area contributed by atoms with E-state index in [0.717, 1.165) is 24.4 Å². The third-order valence-electron chi connectivity index (χ3n) is 4.74. The van der Waals surface area contributed by atoms with Crippen LogP contribution in [0.25, 0.3) is 0 Å². The lowest BCUT2D eigenvalue weighted by Crippen LogP contribution is -2.45. The number of nitrogens with one attached hydrogen (secondary N) is 1. The summed E-state index contributed by atoms with van der Waals surface area (Å²) in [4.78, 5) is 2.58. The van der Waals surface area contributed by atoms with Gasteiger partial charge in [0, 0.05) is 19.1 Å². The van der Waals surface area contributed by atoms with Gasteiger partial charge in [-0.3, -0.25) is 0 Å². The number of nitrogens with zero attached hydrogens (tertiary/aromatic N) is 1. The molecule has 0 bridgehead atoms. The van der Waals surface area contributed by atoms with Crippen molar-refractivity contribution in [1.29, 1.82) is 0 Å². The molecule has 2 heteroatoms. The minimum Gasteiger partial charge on any atom is -0.313 e. The van der Waals surface area contributed by atoms with E-state index in [0.29, 0.717) is 0 Å². The monoisotopic (exact) mass is 238 g/mol. The van der Waals surface area contributed by atoms with Crippen LogP contribution in [-0.2, 0) is 0 Å². The molecular formula is C15H30N2. The van der Waals surface area contributed by atoms with Gasteiger partial charge in [-0.25, -0.2) is 0 Å². The SMILES string of the molecule is CCNC(CN(C)CC1CCC1)C1CCCC1. The van der Waals surface area contributed by atoms with Crippen LogP contribution >= 0.6 is 0 Å². The standard InChI is InChI=1S/C15H30N2/c1-3-16-15(14-9-4-5-10-14)12-17(2)11-13-7-6-8-13/h13-16H,3-12H2,1-2H3. The minimum absolute atomic E-state index is 0.743. The van der Waals surface area contributed by atoms with Crippen molar-refractivity contribution in [3.05, 3.63) is 0 Å². The first-order chi connectivity index (χ1) is 8.29. The van der Waals surface area contributed by atoms with Crippen LogP contribution in [-0.4, -0.2) is 37.6 Å². The van der Waals surface area contributed by atoms with Gasteiger partial charge >= 0.3 is 0 Å². The van der Waals surface area contributed by atoms with E-state index in [9.17, 15) is 0 Å². The molecule has 2 aliphatic carbocycles. The van der Waals surface area contributed by atoms with Gasteiger partial charge in [-0.2, -0.15) is 0 Å². The van der Waals surface area contributed by atoms with Crippen LogP contribution in [0.15, 0.2) is 0 Å². The Bertz CT molecular complexity index is 207. The highest BCUT2D eigenvalue weighted by Gasteiger charge is 2.26. The van der Waals surface area contributed by atoms with Crippen molar-refractivity contribution in [2.75, 3.05) is 26.7 Å². The fourth-order valence-electron chi connectivity index (χ4n) is 3.53. The largest absolute Gasteiger partial charge is 0.313 e. The van der Waals surface area contributed by atoms with Gasteiger partial charge in [-0.05, 0) is 51.1 Å². The Kier molecular flexibility index (Phi) is 5.30. The first-order valence-electron chi connectivity index (χ1n) is 7.71. The Morgan fingerprint density at radius 1 is 1.12 bits per heavy atom. The molecule has 1 unspecified atom stereocenters. The predicted octanol–water partition coefficient (Wildman–Crippen LogP) is 2.89. The molecule has 100 valence electrons. The van der Waals surface area contributed by atoms with Gasteiger partial charge in [0.2, 0.25) is 0 Å². The average molecular weight is 238 g/mol. The second-order valence-electron chi connectivity index (χ2n) is 6.23. The topological polar surface area (TPSA) is 15.3 Å². The van der Waals surface area contributed by atoms with Crippen molar-refractivity contribution in [1.82, 2.24) is 10.2 Å². The van der Waals surface area contributed by atoms with E-state index >= 15 is 0 Å². The summed E-state index contributed by atoms with van der Waals surface area (Å²) < 4.78 is 0. The summed E-state index contributed by atoms with van der Waals surface area (Å²) in [5.41, 5.74) is 0. The summed E-state index contributed by atoms with van der Waals surface area (Å²) in [7, 11) is 2.32. The Labute approximate surface area is 107 Å². The fraction of sp³-hybridized carbons (Fsp3) is 1.00. The molecule has 2 nitrogen and oxygen atoms in total. The molecule has 2 aliphatic rings. The minimum atomic E-state index is 0.743. The highest BCUT2D eigenvalue weighted by molar-refractivity contribution is 4.83. The van der Waals surface area contributed by atoms with E-state index in [1.807, 2.05) is 0 Å². The zero-order valence-corrected chi connectivity index (χ0v) is 11.8. The smallest absolute Gasteiger partial charge is 0.0222 e. The Morgan fingerprint density at radius 2 is 1.82 bits per heavy atom. The summed E-state index contributed by atoms with van der Waals surface area (Å²) in [5, 5.41) is 3.72. The predicted molar refractivity (Wildman–Crippen MR) is 74.3 cm³/mol. The van der Waals surface area contributed by atoms with Gasteiger partial charge in [-0.1, -0.05) is 26.2 Å². The highest BCUT2D eigenvalue weighted by Crippen LogP contribution is 2.29. The van der Waals surface area contributed by atoms with Crippen molar-refractivity contribution in [2.24, 2.45) is 11.8 Å². The normalized spacial score (nSPS) is 24.2. The second kappa shape index (κ2) is 6.75. The van der Waals surface area contributed by atoms with Crippen molar-refractivity contribution in [2.45, 2.75) is 57.9 Å². The molecule has 1 N–H and O–H groups in total. The molecule has 0 aliphatic heterocycles. The molecule has 2 saturated carbocycles. The van der Waals surface area contributed by atoms with Crippen LogP contribution < -0.4 is 5.32 Å². The molecule has 1 atom stereocenters. The lowest BCUT2D eigenvalue weighted by atomic mass is 9.85. The van der Waals surface area contributed by atoms with Crippen molar-refractivity contribution < 1.29 is 0 Å². The first-order valence-corrected chi connectivity index (χ1v) is 7.71. The van der Waals surface area contributed by atoms with Crippen LogP contribution in [0.4, 0.5) is 0 Å². The highest BCUT2D eigenvalue weighted by atomic mass is 15.1. The third-order valence-corrected chi connectivity index (χ3v) is 4.74. The molecule has 0 amide bonds. The maximum Gasteiger partial charge on any atom is 0.0222 e. The van der Waals surface area contributed by atoms with Crippen molar-refractivity contribution >= 4 is 0 Å². The summed E-state index contributed by atoms with van der Waals surface area (Å²) in [6, 6.07) is 0.743. The summed E-state index contributed by atoms with van der Waals surface area (Å²) >= 11 is 0. The molecule has 0 aromatic heterocycles. The molecule has 0 heterocycles. The van der Waals surface area contributed by atoms with Crippen LogP contribution in [0.2, 0.25) is 0 Å². The number of hydrogen-bond acceptors (Lipinski definition) is 2. The Hall–Kier alpha value is -0.0800. The van der Waals surface area contributed by atoms with E-state index in [2.05, 4.69) is 24.2 Å². The molecule has 0 aromatic carbocycles. The maximum absolute atomic E-state index is 3.72. The van der Waals surface area contributed by atoms with E-state index in [4.69, 9.17) is 0 Å². The van der Waals surface area contributed by atoms with Gasteiger partial charge in [0.05, 0.1) is 0 Å². The van der Waals surface area contributed by atoms with Gasteiger partial charge in [0.25, 0.3) is 0 Å². The lowest BCUT2D eigenvalue weighted by Gasteiger charge is -2.34. The molecule has 0 radical (unpaired) electrons. The zero-order valence-electron chi connectivity index (χ0n) is 11.8. The van der Waals surface area contributed by atoms with Crippen molar-refractivity contribution in [3.63, 3.8) is 0 Å². The molecular weight excluding hydrogens is 208 g/mol. The van der Waals surface area contributed by atoms with Gasteiger partial charge < -0.3 is 10.2 Å². The van der Waals surface area contributed by atoms with E-state index in [1.54, 1.807) is 0 Å². The molecule has 2 fully saturated rings. The average Bonchev–Trinajstić information content (AvgIpc) is 2.76. The van der Waals surface area contributed by atoms with Gasteiger partial charge in [0.15, 0.2) is 0 Å². The van der Waals surface area contributed by atoms with E-state index in [-0.39, 0.29) is 0 Å². The number of rotatable bonds is 7. The molecule has 2 rings (SSSR count). The maximum atomic E-state index is 3.72. The Balaban J connectivity index is 1.74. The van der Waals surface area contributed by atoms with Crippen molar-refractivity contribution in [3.8, 4) is 0 Å². The molecule has 0 spiro atoms. The quantitative estimate of drug-likeness (QED) is 0.733. The van der Waals surface area contributed by atoms with Gasteiger partial charge in [-0.15, -0.1) is 0 Å². The Morgan fingerprint density at radius 3 is 2.35 bits per heavy atom. The van der Waals surface area contributed by atoms with Crippen LogP contribution in [0.5, 0.6) is 0 Å². The van der Waals surface area contributed by atoms with Crippen LogP contribution in [0.3, 0.4) is 0 Å². The number of hydrogen-bond donors (Lipinski definition) is 1. The van der Waals surface area contributed by atoms with Crippen LogP contribution in [0, 0.1) is 11.8 Å². The first kappa shape index (κ1) is 13.4. The molecule has 17 heavy (non-hydrogen) atoms. The summed E-state index contributed by atoms with van der Waals surface area (Å²) in [6.07, 6.45) is 10.2. The molecule has 0 aromatic rings. The molecule has 0 saturated heterocycles. The zero-order chi connectivity index (χ0) is 12.1. The number of likely N-dealkylation sites (N-methyl/N-ethyl adjacent to an activating group) is 2. The van der Waals surface area contributed by atoms with Crippen LogP contribution in [0.1, 0.15) is 51.9 Å². The summed E-state index contributed by atoms with van der Waals surface area (Å²) in [5.74, 6) is 1.95. The van der Waals surface area contributed by atoms with Gasteiger partial charge in [0.1, 0.15) is 0 Å². The second-order valence-corrected chi connectivity index (χ2v) is 6.23. The fourth-order valence-corrected chi connectivity index (χ4v) is 3.53. The summed E-state index contributed by atoms with van der Waals surface area (Å²) in [6.45, 7) is 5.95. The van der Waals surface area contributed by atoms with E-state index < -0.39 is 0 Å².